The molecule has 326 valence electrons. The van der Waals surface area contributed by atoms with E-state index in [1.165, 1.54) is 13.8 Å². The number of ketones is 1. The van der Waals surface area contributed by atoms with Crippen molar-refractivity contribution in [1.82, 2.24) is 30.2 Å². The van der Waals surface area contributed by atoms with E-state index < -0.39 is 102 Å². The number of phosphoric acid groups is 3. The third kappa shape index (κ3) is 13.1. The van der Waals surface area contributed by atoms with Gasteiger partial charge in [-0.1, -0.05) is 25.6 Å². The highest BCUT2D eigenvalue weighted by Crippen LogP contribution is 2.61. The number of nitrogen functional groups attached to an aromatic ring is 1. The number of amides is 2. The van der Waals surface area contributed by atoms with Crippen LogP contribution in [-0.4, -0.2) is 140 Å². The number of phosphoric ester groups is 3. The van der Waals surface area contributed by atoms with Crippen molar-refractivity contribution >= 4 is 74.9 Å². The molecular formula is C28H44N7O19P3S. The SMILES string of the molecule is CC(C)(COP(=O)(O)OP(=O)(O)OC[C@H]1O[C@@H](n2cnc3c(N)ncnc32)[C@H](O)[C@@H]1OP(=O)(O)O)[C@@H](O)C(=O)NCCC(=O)NCCSC(=O)C1C(=O)CCCC1O. The highest BCUT2D eigenvalue weighted by atomic mass is 32.2. The number of anilines is 1. The van der Waals surface area contributed by atoms with Gasteiger partial charge in [0.25, 0.3) is 0 Å². The molecule has 4 unspecified atom stereocenters. The number of imidazole rings is 1. The van der Waals surface area contributed by atoms with Crippen LogP contribution in [0.25, 0.3) is 11.2 Å². The number of thioether (sulfide) groups is 1. The van der Waals surface area contributed by atoms with Crippen LogP contribution in [0.3, 0.4) is 0 Å². The van der Waals surface area contributed by atoms with E-state index in [0.717, 1.165) is 29.0 Å². The second kappa shape index (κ2) is 19.7. The summed E-state index contributed by atoms with van der Waals surface area (Å²) < 4.78 is 62.1. The quantitative estimate of drug-likeness (QED) is 0.0406. The molecule has 1 saturated carbocycles. The van der Waals surface area contributed by atoms with Crippen molar-refractivity contribution in [2.75, 3.05) is 37.8 Å². The first-order valence-electron chi connectivity index (χ1n) is 17.2. The Kier molecular flexibility index (Phi) is 16.3. The van der Waals surface area contributed by atoms with Gasteiger partial charge in [-0.25, -0.2) is 28.6 Å². The number of nitrogens with one attached hydrogen (secondary N) is 2. The van der Waals surface area contributed by atoms with Crippen LogP contribution in [0.4, 0.5) is 5.82 Å². The molecule has 58 heavy (non-hydrogen) atoms. The summed E-state index contributed by atoms with van der Waals surface area (Å²) >= 11 is 0.803. The molecule has 2 aliphatic rings. The average Bonchev–Trinajstić information content (AvgIpc) is 3.68. The molecule has 3 heterocycles. The van der Waals surface area contributed by atoms with Gasteiger partial charge in [0.2, 0.25) is 16.9 Å². The highest BCUT2D eigenvalue weighted by molar-refractivity contribution is 8.13. The van der Waals surface area contributed by atoms with Crippen LogP contribution in [0.5, 0.6) is 0 Å². The zero-order chi connectivity index (χ0) is 43.2. The first-order chi connectivity index (χ1) is 26.9. The van der Waals surface area contributed by atoms with Gasteiger partial charge in [-0.15, -0.1) is 0 Å². The molecule has 2 aromatic rings. The predicted octanol–water partition coefficient (Wildman–Crippen LogP) is -1.61. The number of Topliss-reactive ketones (excluding diaryl/α,β-unsaturated/α-hetero) is 1. The molecule has 1 saturated heterocycles. The minimum absolute atomic E-state index is 0.0200. The predicted molar refractivity (Wildman–Crippen MR) is 195 cm³/mol. The number of carbonyl (C=O) groups excluding carboxylic acids is 4. The Morgan fingerprint density at radius 1 is 1.07 bits per heavy atom. The van der Waals surface area contributed by atoms with Crippen LogP contribution in [-0.2, 0) is 55.5 Å². The molecular weight excluding hydrogens is 863 g/mol. The average molecular weight is 908 g/mol. The molecule has 1 aliphatic heterocycles. The lowest BCUT2D eigenvalue weighted by atomic mass is 9.86. The monoisotopic (exact) mass is 907 g/mol. The molecule has 0 radical (unpaired) electrons. The van der Waals surface area contributed by atoms with Gasteiger partial charge in [0, 0.05) is 37.1 Å². The lowest BCUT2D eigenvalue weighted by molar-refractivity contribution is -0.137. The fourth-order valence-electron chi connectivity index (χ4n) is 5.68. The minimum Gasteiger partial charge on any atom is -0.392 e. The topological polar surface area (TPSA) is 401 Å². The summed E-state index contributed by atoms with van der Waals surface area (Å²) in [7, 11) is -16.5. The first-order valence-corrected chi connectivity index (χ1v) is 22.7. The van der Waals surface area contributed by atoms with Gasteiger partial charge >= 0.3 is 23.5 Å². The van der Waals surface area contributed by atoms with Gasteiger partial charge in [-0.3, -0.25) is 37.3 Å². The van der Waals surface area contributed by atoms with Crippen molar-refractivity contribution in [1.29, 1.82) is 0 Å². The fourth-order valence-corrected chi connectivity index (χ4v) is 9.38. The van der Waals surface area contributed by atoms with Gasteiger partial charge < -0.3 is 56.0 Å². The van der Waals surface area contributed by atoms with Gasteiger partial charge in [-0.2, -0.15) is 4.31 Å². The van der Waals surface area contributed by atoms with Crippen LogP contribution in [0, 0.1) is 11.3 Å². The van der Waals surface area contributed by atoms with Crippen LogP contribution in [0.2, 0.25) is 0 Å². The van der Waals surface area contributed by atoms with E-state index in [9.17, 15) is 67.8 Å². The van der Waals surface area contributed by atoms with Crippen molar-refractivity contribution < 1.29 is 90.4 Å². The number of fused-ring (bicyclic) bond motifs is 1. The Labute approximate surface area is 333 Å². The maximum atomic E-state index is 12.7. The Hall–Kier alpha value is -2.81. The Morgan fingerprint density at radius 2 is 1.76 bits per heavy atom. The summed E-state index contributed by atoms with van der Waals surface area (Å²) in [5.41, 5.74) is 4.20. The number of rotatable bonds is 20. The first kappa shape index (κ1) is 47.9. The molecule has 26 nitrogen and oxygen atoms in total. The van der Waals surface area contributed by atoms with E-state index in [-0.39, 0.29) is 54.4 Å². The summed E-state index contributed by atoms with van der Waals surface area (Å²) in [6.07, 6.45) is -7.07. The number of hydrogen-bond acceptors (Lipinski definition) is 20. The molecule has 2 amide bonds. The zero-order valence-corrected chi connectivity index (χ0v) is 34.2. The van der Waals surface area contributed by atoms with Crippen LogP contribution >= 0.6 is 35.2 Å². The maximum Gasteiger partial charge on any atom is 0.481 e. The van der Waals surface area contributed by atoms with E-state index >= 15 is 0 Å². The van der Waals surface area contributed by atoms with Gasteiger partial charge in [-0.05, 0) is 12.8 Å². The molecule has 0 aromatic carbocycles. The highest BCUT2D eigenvalue weighted by Gasteiger charge is 2.50. The lowest BCUT2D eigenvalue weighted by Crippen LogP contribution is -2.46. The number of nitrogens with two attached hydrogens (primary N) is 1. The van der Waals surface area contributed by atoms with E-state index in [0.29, 0.717) is 12.8 Å². The largest absolute Gasteiger partial charge is 0.481 e. The standard InChI is InChI=1S/C28H44N7O19P3S/c1-28(2,22(40)25(41)31-7-6-17(38)30-8-9-58-27(42)18-14(36)4-3-5-15(18)37)11-51-57(48,49)54-56(46,47)50-10-16-21(53-55(43,44)45)20(39)26(52-16)35-13-34-19-23(29)32-12-33-24(19)35/h12-14,16,18,20-22,26,36,39-40H,3-11H2,1-2H3,(H,30,38)(H,31,41)(H,46,47)(H,48,49)(H2,29,32,33)(H2,43,44,45)/t14?,16-,18?,20-,21-,22+,26-/m1/s1. The molecule has 0 bridgehead atoms. The van der Waals surface area contributed by atoms with Crippen LogP contribution < -0.4 is 16.4 Å². The molecule has 4 rings (SSSR count). The Morgan fingerprint density at radius 3 is 2.43 bits per heavy atom. The molecule has 1 aliphatic carbocycles. The molecule has 0 spiro atoms. The van der Waals surface area contributed by atoms with Crippen LogP contribution in [0.15, 0.2) is 12.7 Å². The van der Waals surface area contributed by atoms with E-state index in [1.807, 2.05) is 0 Å². The second-order valence-electron chi connectivity index (χ2n) is 13.6. The van der Waals surface area contributed by atoms with Gasteiger partial charge in [0.05, 0.1) is 25.6 Å². The summed E-state index contributed by atoms with van der Waals surface area (Å²) in [5, 5.41) is 35.7. The normalized spacial score (nSPS) is 25.5. The Balaban J connectivity index is 1.22. The third-order valence-corrected chi connectivity index (χ3v) is 12.7. The summed E-state index contributed by atoms with van der Waals surface area (Å²) in [6, 6.07) is 0. The van der Waals surface area contributed by atoms with Crippen molar-refractivity contribution in [3.8, 4) is 0 Å². The summed E-state index contributed by atoms with van der Waals surface area (Å²) in [6.45, 7) is 0.168. The number of nitrogens with zero attached hydrogens (tertiary/aromatic N) is 4. The lowest BCUT2D eigenvalue weighted by Gasteiger charge is -2.30. The van der Waals surface area contributed by atoms with Crippen molar-refractivity contribution in [2.45, 2.75) is 76.3 Å². The molecule has 2 aromatic heterocycles. The summed E-state index contributed by atoms with van der Waals surface area (Å²) in [4.78, 5) is 99.9. The number of hydrogen-bond donors (Lipinski definition) is 10. The summed E-state index contributed by atoms with van der Waals surface area (Å²) in [5.74, 6) is -2.89. The zero-order valence-electron chi connectivity index (χ0n) is 30.7. The third-order valence-electron chi connectivity index (χ3n) is 8.65. The number of aliphatic hydroxyl groups is 3. The number of carbonyl (C=O) groups is 4. The minimum atomic E-state index is -5.59. The Bertz CT molecular complexity index is 1970. The van der Waals surface area contributed by atoms with Crippen LogP contribution in [0.1, 0.15) is 45.8 Å². The number of aromatic nitrogens is 4. The van der Waals surface area contributed by atoms with E-state index in [4.69, 9.17) is 19.5 Å². The molecule has 9 atom stereocenters. The van der Waals surface area contributed by atoms with Crippen molar-refractivity contribution in [3.63, 3.8) is 0 Å². The number of ether oxygens (including phenoxy) is 1. The second-order valence-corrected chi connectivity index (χ2v) is 19.0. The van der Waals surface area contributed by atoms with Crippen molar-refractivity contribution in [3.05, 3.63) is 12.7 Å². The molecule has 2 fully saturated rings. The van der Waals surface area contributed by atoms with Crippen molar-refractivity contribution in [2.24, 2.45) is 11.3 Å². The van der Waals surface area contributed by atoms with E-state index in [1.54, 1.807) is 0 Å². The smallest absolute Gasteiger partial charge is 0.392 e. The van der Waals surface area contributed by atoms with Gasteiger partial charge in [0.1, 0.15) is 48.0 Å². The van der Waals surface area contributed by atoms with E-state index in [2.05, 4.69) is 34.4 Å². The maximum absolute atomic E-state index is 12.7. The fraction of sp³-hybridized carbons (Fsp3) is 0.679. The number of aliphatic hydroxyl groups excluding tert-OH is 3. The molecule has 11 N–H and O–H groups in total. The van der Waals surface area contributed by atoms with Gasteiger partial charge in [0.15, 0.2) is 17.7 Å². The molecule has 30 heteroatoms.